The van der Waals surface area contributed by atoms with Crippen molar-refractivity contribution in [1.82, 2.24) is 10.6 Å². The minimum absolute atomic E-state index is 0.0201. The summed E-state index contributed by atoms with van der Waals surface area (Å²) in [5, 5.41) is 22.7. The van der Waals surface area contributed by atoms with Crippen LogP contribution < -0.4 is 10.6 Å². The highest BCUT2D eigenvalue weighted by Gasteiger charge is 2.20. The Morgan fingerprint density at radius 2 is 1.74 bits per heavy atom. The molecule has 4 N–H and O–H groups in total. The van der Waals surface area contributed by atoms with Crippen molar-refractivity contribution in [2.45, 2.75) is 51.6 Å². The second kappa shape index (κ2) is 7.73. The number of carbonyl (C=O) groups is 3. The number of carboxylic acids is 2. The molecule has 1 atom stereocenters. The van der Waals surface area contributed by atoms with E-state index in [0.29, 0.717) is 0 Å². The van der Waals surface area contributed by atoms with Crippen LogP contribution in [-0.2, 0) is 14.4 Å². The highest BCUT2D eigenvalue weighted by Crippen LogP contribution is 2.02. The minimum Gasteiger partial charge on any atom is -0.481 e. The molecular weight excluding hydrogens is 252 g/mol. The first kappa shape index (κ1) is 17.4. The van der Waals surface area contributed by atoms with Gasteiger partial charge in [-0.25, -0.2) is 4.79 Å². The van der Waals surface area contributed by atoms with E-state index in [1.807, 2.05) is 20.8 Å². The Labute approximate surface area is 112 Å². The molecule has 1 amide bonds. The second-order valence-electron chi connectivity index (χ2n) is 5.35. The summed E-state index contributed by atoms with van der Waals surface area (Å²) in [6, 6.07) is -1.05. The molecule has 7 nitrogen and oxygen atoms in total. The third-order valence-corrected chi connectivity index (χ3v) is 2.30. The molecule has 0 aliphatic heterocycles. The van der Waals surface area contributed by atoms with Gasteiger partial charge in [0.2, 0.25) is 5.91 Å². The molecule has 0 spiro atoms. The van der Waals surface area contributed by atoms with Gasteiger partial charge in [-0.3, -0.25) is 9.59 Å². The molecule has 0 aliphatic carbocycles. The number of carboxylic acid groups (broad SMARTS) is 2. The van der Waals surface area contributed by atoms with Crippen LogP contribution in [0, 0.1) is 0 Å². The van der Waals surface area contributed by atoms with Gasteiger partial charge in [0.05, 0.1) is 6.54 Å². The Bertz CT molecular complexity index is 336. The molecule has 19 heavy (non-hydrogen) atoms. The second-order valence-corrected chi connectivity index (χ2v) is 5.35. The summed E-state index contributed by atoms with van der Waals surface area (Å²) in [6.45, 7) is 5.69. The predicted octanol–water partition coefficient (Wildman–Crippen LogP) is 0.199. The Hall–Kier alpha value is -1.63. The lowest BCUT2D eigenvalue weighted by molar-refractivity contribution is -0.142. The van der Waals surface area contributed by atoms with Crippen LogP contribution in [-0.4, -0.2) is 46.2 Å². The molecule has 0 aromatic carbocycles. The molecule has 7 heteroatoms. The van der Waals surface area contributed by atoms with Crippen LogP contribution in [0.3, 0.4) is 0 Å². The van der Waals surface area contributed by atoms with E-state index in [4.69, 9.17) is 10.2 Å². The average Bonchev–Trinajstić information content (AvgIpc) is 2.23. The van der Waals surface area contributed by atoms with E-state index in [-0.39, 0.29) is 31.3 Å². The first-order valence-corrected chi connectivity index (χ1v) is 6.11. The van der Waals surface area contributed by atoms with Gasteiger partial charge in [-0.15, -0.1) is 0 Å². The monoisotopic (exact) mass is 274 g/mol. The van der Waals surface area contributed by atoms with E-state index in [1.54, 1.807) is 0 Å². The Morgan fingerprint density at radius 1 is 1.16 bits per heavy atom. The maximum absolute atomic E-state index is 11.5. The molecule has 0 aromatic rings. The largest absolute Gasteiger partial charge is 0.481 e. The summed E-state index contributed by atoms with van der Waals surface area (Å²) >= 11 is 0. The summed E-state index contributed by atoms with van der Waals surface area (Å²) in [4.78, 5) is 32.8. The van der Waals surface area contributed by atoms with Crippen LogP contribution in [0.4, 0.5) is 0 Å². The first-order chi connectivity index (χ1) is 8.61. The van der Waals surface area contributed by atoms with Crippen molar-refractivity contribution in [3.05, 3.63) is 0 Å². The molecule has 110 valence electrons. The molecule has 0 bridgehead atoms. The van der Waals surface area contributed by atoms with Crippen molar-refractivity contribution in [3.63, 3.8) is 0 Å². The van der Waals surface area contributed by atoms with Gasteiger partial charge >= 0.3 is 11.9 Å². The number of carbonyl (C=O) groups excluding carboxylic acids is 1. The lowest BCUT2D eigenvalue weighted by Gasteiger charge is -2.21. The van der Waals surface area contributed by atoms with Gasteiger partial charge in [0, 0.05) is 12.0 Å². The molecule has 0 aliphatic rings. The fraction of sp³-hybridized carbons (Fsp3) is 0.750. The standard InChI is InChI=1S/C12H22N2O5/c1-12(2,3)13-7-9(15)14-8(11(18)19)5-4-6-10(16)17/h8,13H,4-7H2,1-3H3,(H,14,15)(H,16,17)(H,18,19)/t8-/m1/s1. The fourth-order valence-corrected chi connectivity index (χ4v) is 1.31. The van der Waals surface area contributed by atoms with Gasteiger partial charge in [0.1, 0.15) is 6.04 Å². The van der Waals surface area contributed by atoms with Gasteiger partial charge in [0.15, 0.2) is 0 Å². The van der Waals surface area contributed by atoms with Crippen molar-refractivity contribution >= 4 is 17.8 Å². The molecule has 0 saturated heterocycles. The van der Waals surface area contributed by atoms with Gasteiger partial charge < -0.3 is 20.8 Å². The third-order valence-electron chi connectivity index (χ3n) is 2.30. The molecule has 0 heterocycles. The molecular formula is C12H22N2O5. The van der Waals surface area contributed by atoms with Crippen molar-refractivity contribution in [1.29, 1.82) is 0 Å². The summed E-state index contributed by atoms with van der Waals surface area (Å²) in [7, 11) is 0. The number of hydrogen-bond acceptors (Lipinski definition) is 4. The Morgan fingerprint density at radius 3 is 2.16 bits per heavy atom. The quantitative estimate of drug-likeness (QED) is 0.502. The van der Waals surface area contributed by atoms with E-state index in [0.717, 1.165) is 0 Å². The molecule has 0 unspecified atom stereocenters. The van der Waals surface area contributed by atoms with Gasteiger partial charge in [0.25, 0.3) is 0 Å². The van der Waals surface area contributed by atoms with E-state index in [2.05, 4.69) is 10.6 Å². The minimum atomic E-state index is -1.16. The normalized spacial score (nSPS) is 12.8. The smallest absolute Gasteiger partial charge is 0.326 e. The SMILES string of the molecule is CC(C)(C)NCC(=O)N[C@H](CCCC(=O)O)C(=O)O. The Balaban J connectivity index is 4.16. The number of aliphatic carboxylic acids is 2. The Kier molecular flexibility index (Phi) is 7.06. The lowest BCUT2D eigenvalue weighted by Crippen LogP contribution is -2.48. The van der Waals surface area contributed by atoms with E-state index < -0.39 is 23.9 Å². The van der Waals surface area contributed by atoms with Crippen LogP contribution in [0.5, 0.6) is 0 Å². The molecule has 0 saturated carbocycles. The molecule has 0 radical (unpaired) electrons. The van der Waals surface area contributed by atoms with Crippen molar-refractivity contribution in [3.8, 4) is 0 Å². The van der Waals surface area contributed by atoms with E-state index >= 15 is 0 Å². The van der Waals surface area contributed by atoms with E-state index in [9.17, 15) is 14.4 Å². The number of amides is 1. The van der Waals surface area contributed by atoms with Crippen LogP contribution in [0.15, 0.2) is 0 Å². The fourth-order valence-electron chi connectivity index (χ4n) is 1.31. The third kappa shape index (κ3) is 10.0. The molecule has 0 fully saturated rings. The topological polar surface area (TPSA) is 116 Å². The van der Waals surface area contributed by atoms with Crippen molar-refractivity contribution in [2.24, 2.45) is 0 Å². The van der Waals surface area contributed by atoms with Crippen LogP contribution in [0.1, 0.15) is 40.0 Å². The highest BCUT2D eigenvalue weighted by molar-refractivity contribution is 5.84. The van der Waals surface area contributed by atoms with Gasteiger partial charge in [-0.1, -0.05) is 0 Å². The molecule has 0 aromatic heterocycles. The maximum Gasteiger partial charge on any atom is 0.326 e. The van der Waals surface area contributed by atoms with Crippen LogP contribution in [0.2, 0.25) is 0 Å². The summed E-state index contributed by atoms with van der Waals surface area (Å²) in [5.74, 6) is -2.56. The number of rotatable bonds is 8. The average molecular weight is 274 g/mol. The van der Waals surface area contributed by atoms with Crippen molar-refractivity contribution < 1.29 is 24.6 Å². The lowest BCUT2D eigenvalue weighted by atomic mass is 10.1. The zero-order valence-corrected chi connectivity index (χ0v) is 11.5. The molecule has 0 rings (SSSR count). The summed E-state index contributed by atoms with van der Waals surface area (Å²) in [5.41, 5.74) is -0.237. The highest BCUT2D eigenvalue weighted by atomic mass is 16.4. The zero-order chi connectivity index (χ0) is 15.1. The summed E-state index contributed by atoms with van der Waals surface area (Å²) < 4.78 is 0. The zero-order valence-electron chi connectivity index (χ0n) is 11.5. The van der Waals surface area contributed by atoms with E-state index in [1.165, 1.54) is 0 Å². The van der Waals surface area contributed by atoms with Gasteiger partial charge in [-0.2, -0.15) is 0 Å². The van der Waals surface area contributed by atoms with Crippen LogP contribution >= 0.6 is 0 Å². The number of hydrogen-bond donors (Lipinski definition) is 4. The van der Waals surface area contributed by atoms with Crippen molar-refractivity contribution in [2.75, 3.05) is 6.54 Å². The van der Waals surface area contributed by atoms with Gasteiger partial charge in [-0.05, 0) is 33.6 Å². The number of nitrogens with one attached hydrogen (secondary N) is 2. The summed E-state index contributed by atoms with van der Waals surface area (Å²) in [6.07, 6.45) is 0.196. The predicted molar refractivity (Wildman–Crippen MR) is 68.8 cm³/mol. The first-order valence-electron chi connectivity index (χ1n) is 6.11. The van der Waals surface area contributed by atoms with Crippen LogP contribution in [0.25, 0.3) is 0 Å². The maximum atomic E-state index is 11.5.